The summed E-state index contributed by atoms with van der Waals surface area (Å²) in [6.45, 7) is 2.05. The number of carbonyl (C=O) groups excluding carboxylic acids is 2. The molecule has 3 atom stereocenters. The lowest BCUT2D eigenvalue weighted by molar-refractivity contribution is -0.126. The first-order valence-corrected chi connectivity index (χ1v) is 13.4. The van der Waals surface area contributed by atoms with Crippen LogP contribution in [0.1, 0.15) is 60.1 Å². The fourth-order valence-electron chi connectivity index (χ4n) is 5.14. The Kier molecular flexibility index (Phi) is 8.24. The molecule has 3 N–H and O–H groups in total. The molecule has 0 spiro atoms. The Labute approximate surface area is 229 Å². The van der Waals surface area contributed by atoms with Crippen molar-refractivity contribution in [3.63, 3.8) is 0 Å². The van der Waals surface area contributed by atoms with Crippen molar-refractivity contribution in [2.45, 2.75) is 63.7 Å². The predicted molar refractivity (Wildman–Crippen MR) is 141 cm³/mol. The number of rotatable bonds is 10. The highest BCUT2D eigenvalue weighted by atomic mass is 19.3. The lowest BCUT2D eigenvalue weighted by Gasteiger charge is -2.32. The molecule has 0 radical (unpaired) electrons. The minimum atomic E-state index is -2.68. The van der Waals surface area contributed by atoms with Crippen molar-refractivity contribution in [1.29, 1.82) is 0 Å². The summed E-state index contributed by atoms with van der Waals surface area (Å²) in [7, 11) is 1.39. The standard InChI is InChI=1S/C28H32F3N5O4/c1-14-23(28(38)35-17-6-7-20(19(29)10-17)36-22(37)12-39-2)25-26(34-14)24(32-13-33-25)18-9-16(27(30)31)5-8-21(18)40-11-15-3-4-15/h5,8-9,13,15,17,19-20,27,34H,3-4,6-7,10-12H2,1-2H3,(H,35,38)(H,36,37)/t17-,19-,20-/m1/s1. The molecule has 40 heavy (non-hydrogen) atoms. The second-order valence-electron chi connectivity index (χ2n) is 10.5. The first-order valence-electron chi connectivity index (χ1n) is 13.4. The minimum Gasteiger partial charge on any atom is -0.493 e. The predicted octanol–water partition coefficient (Wildman–Crippen LogP) is 4.41. The van der Waals surface area contributed by atoms with Crippen LogP contribution >= 0.6 is 0 Å². The zero-order valence-corrected chi connectivity index (χ0v) is 22.3. The van der Waals surface area contributed by atoms with E-state index in [0.717, 1.165) is 12.8 Å². The smallest absolute Gasteiger partial charge is 0.263 e. The van der Waals surface area contributed by atoms with Crippen molar-refractivity contribution in [1.82, 2.24) is 25.6 Å². The number of hydrogen-bond acceptors (Lipinski definition) is 6. The summed E-state index contributed by atoms with van der Waals surface area (Å²) in [6.07, 6.45) is 0.323. The number of carbonyl (C=O) groups is 2. The maximum Gasteiger partial charge on any atom is 0.263 e. The number of nitrogens with one attached hydrogen (secondary N) is 3. The van der Waals surface area contributed by atoms with Crippen LogP contribution in [-0.4, -0.2) is 65.3 Å². The zero-order chi connectivity index (χ0) is 28.4. The first-order chi connectivity index (χ1) is 19.2. The summed E-state index contributed by atoms with van der Waals surface area (Å²) in [5, 5.41) is 5.53. The van der Waals surface area contributed by atoms with Gasteiger partial charge in [-0.3, -0.25) is 9.59 Å². The summed E-state index contributed by atoms with van der Waals surface area (Å²) in [5.41, 5.74) is 2.09. The Bertz CT molecular complexity index is 1390. The topological polar surface area (TPSA) is 118 Å². The van der Waals surface area contributed by atoms with Gasteiger partial charge >= 0.3 is 0 Å². The third kappa shape index (κ3) is 6.06. The van der Waals surface area contributed by atoms with Gasteiger partial charge in [-0.2, -0.15) is 0 Å². The van der Waals surface area contributed by atoms with Gasteiger partial charge in [-0.05, 0) is 56.7 Å². The van der Waals surface area contributed by atoms with E-state index in [0.29, 0.717) is 59.1 Å². The number of alkyl halides is 3. The van der Waals surface area contributed by atoms with Gasteiger partial charge in [-0.1, -0.05) is 0 Å². The number of hydrogen-bond donors (Lipinski definition) is 3. The highest BCUT2D eigenvalue weighted by molar-refractivity contribution is 6.09. The number of halogens is 3. The molecule has 0 unspecified atom stereocenters. The van der Waals surface area contributed by atoms with E-state index in [1.807, 2.05) is 0 Å². The number of methoxy groups -OCH3 is 1. The largest absolute Gasteiger partial charge is 0.493 e. The quantitative estimate of drug-likeness (QED) is 0.339. The minimum absolute atomic E-state index is 0.0490. The van der Waals surface area contributed by atoms with Gasteiger partial charge < -0.3 is 25.1 Å². The lowest BCUT2D eigenvalue weighted by atomic mass is 9.89. The third-order valence-corrected chi connectivity index (χ3v) is 7.41. The molecule has 2 aromatic heterocycles. The van der Waals surface area contributed by atoms with Gasteiger partial charge in [0.2, 0.25) is 5.91 Å². The van der Waals surface area contributed by atoms with Crippen LogP contribution in [0, 0.1) is 12.8 Å². The summed E-state index contributed by atoms with van der Waals surface area (Å²) in [5.74, 6) is 0.0660. The number of aromatic nitrogens is 3. The fraction of sp³-hybridized carbons (Fsp3) is 0.500. The van der Waals surface area contributed by atoms with Crippen LogP contribution in [0.3, 0.4) is 0 Å². The van der Waals surface area contributed by atoms with Crippen LogP contribution in [-0.2, 0) is 9.53 Å². The molecule has 9 nitrogen and oxygen atoms in total. The number of H-pyrrole nitrogens is 1. The van der Waals surface area contributed by atoms with Crippen molar-refractivity contribution in [3.05, 3.63) is 41.3 Å². The fourth-order valence-corrected chi connectivity index (χ4v) is 5.14. The molecule has 214 valence electrons. The molecule has 0 saturated heterocycles. The van der Waals surface area contributed by atoms with Crippen LogP contribution in [0.15, 0.2) is 24.5 Å². The highest BCUT2D eigenvalue weighted by Gasteiger charge is 2.33. The van der Waals surface area contributed by atoms with Gasteiger partial charge in [0.05, 0.1) is 23.7 Å². The summed E-state index contributed by atoms with van der Waals surface area (Å²) >= 11 is 0. The number of nitrogens with zero attached hydrogens (tertiary/aromatic N) is 2. The summed E-state index contributed by atoms with van der Waals surface area (Å²) < 4.78 is 52.7. The molecule has 2 aliphatic rings. The van der Waals surface area contributed by atoms with E-state index in [2.05, 4.69) is 25.6 Å². The van der Waals surface area contributed by atoms with Crippen LogP contribution < -0.4 is 15.4 Å². The van der Waals surface area contributed by atoms with Crippen LogP contribution in [0.2, 0.25) is 0 Å². The number of ether oxygens (including phenoxy) is 2. The molecule has 0 aliphatic heterocycles. The van der Waals surface area contributed by atoms with Crippen molar-refractivity contribution in [3.8, 4) is 17.0 Å². The molecule has 2 fully saturated rings. The van der Waals surface area contributed by atoms with Gasteiger partial charge in [0.25, 0.3) is 12.3 Å². The van der Waals surface area contributed by atoms with E-state index in [1.165, 1.54) is 31.6 Å². The van der Waals surface area contributed by atoms with E-state index in [1.54, 1.807) is 6.92 Å². The van der Waals surface area contributed by atoms with Crippen molar-refractivity contribution in [2.24, 2.45) is 5.92 Å². The number of fused-ring (bicyclic) bond motifs is 1. The molecule has 5 rings (SSSR count). The number of benzene rings is 1. The van der Waals surface area contributed by atoms with Crippen LogP contribution in [0.25, 0.3) is 22.3 Å². The van der Waals surface area contributed by atoms with Gasteiger partial charge in [0.15, 0.2) is 0 Å². The number of aromatic amines is 1. The van der Waals surface area contributed by atoms with Gasteiger partial charge in [0, 0.05) is 36.4 Å². The van der Waals surface area contributed by atoms with E-state index >= 15 is 0 Å². The molecule has 12 heteroatoms. The summed E-state index contributed by atoms with van der Waals surface area (Å²) in [6, 6.07) is 3.15. The Morgan fingerprint density at radius 1 is 1.15 bits per heavy atom. The Hall–Kier alpha value is -3.67. The molecule has 2 saturated carbocycles. The Morgan fingerprint density at radius 3 is 2.65 bits per heavy atom. The molecular weight excluding hydrogens is 527 g/mol. The van der Waals surface area contributed by atoms with E-state index in [-0.39, 0.29) is 30.1 Å². The Morgan fingerprint density at radius 2 is 1.95 bits per heavy atom. The maximum atomic E-state index is 14.8. The Balaban J connectivity index is 1.38. The van der Waals surface area contributed by atoms with E-state index in [9.17, 15) is 22.8 Å². The molecule has 2 aliphatic carbocycles. The van der Waals surface area contributed by atoms with Gasteiger partial charge in [-0.25, -0.2) is 23.1 Å². The molecule has 1 aromatic carbocycles. The normalized spacial score (nSPS) is 21.0. The second kappa shape index (κ2) is 11.8. The van der Waals surface area contributed by atoms with Crippen molar-refractivity contribution < 1.29 is 32.2 Å². The molecule has 3 aromatic rings. The molecule has 0 bridgehead atoms. The average Bonchev–Trinajstić information content (AvgIpc) is 3.68. The molecule has 2 heterocycles. The van der Waals surface area contributed by atoms with Crippen molar-refractivity contribution >= 4 is 22.8 Å². The summed E-state index contributed by atoms with van der Waals surface area (Å²) in [4.78, 5) is 37.0. The molecular formula is C28H32F3N5O4. The van der Waals surface area contributed by atoms with Gasteiger partial charge in [-0.15, -0.1) is 0 Å². The maximum absolute atomic E-state index is 14.8. The SMILES string of the molecule is COCC(=O)N[C@@H]1CC[C@@H](NC(=O)c2c(C)[nH]c3c(-c4cc(C(F)F)ccc4OCC4CC4)ncnc23)C[C@H]1F. The monoisotopic (exact) mass is 559 g/mol. The van der Waals surface area contributed by atoms with Gasteiger partial charge in [0.1, 0.15) is 36.1 Å². The zero-order valence-electron chi connectivity index (χ0n) is 22.3. The van der Waals surface area contributed by atoms with Crippen LogP contribution in [0.4, 0.5) is 13.2 Å². The lowest BCUT2D eigenvalue weighted by Crippen LogP contribution is -2.50. The first kappa shape index (κ1) is 27.9. The number of aryl methyl sites for hydroxylation is 1. The van der Waals surface area contributed by atoms with E-state index < -0.39 is 30.6 Å². The van der Waals surface area contributed by atoms with Crippen LogP contribution in [0.5, 0.6) is 5.75 Å². The number of amides is 2. The average molecular weight is 560 g/mol. The molecule has 2 amide bonds. The second-order valence-corrected chi connectivity index (χ2v) is 10.5. The van der Waals surface area contributed by atoms with E-state index in [4.69, 9.17) is 9.47 Å². The highest BCUT2D eigenvalue weighted by Crippen LogP contribution is 2.38. The van der Waals surface area contributed by atoms with Crippen molar-refractivity contribution in [2.75, 3.05) is 20.3 Å². The third-order valence-electron chi connectivity index (χ3n) is 7.41.